The number of benzene rings is 2. The van der Waals surface area contributed by atoms with Crippen LogP contribution in [0.25, 0.3) is 0 Å². The molecule has 4 rings (SSSR count). The average Bonchev–Trinajstić information content (AvgIpc) is 2.77. The van der Waals surface area contributed by atoms with E-state index in [9.17, 15) is 18.0 Å². The topological polar surface area (TPSA) is 41.6 Å². The molecular weight excluding hydrogens is 425 g/mol. The monoisotopic (exact) mass is 450 g/mol. The van der Waals surface area contributed by atoms with E-state index < -0.39 is 11.7 Å². The van der Waals surface area contributed by atoms with E-state index in [-0.39, 0.29) is 17.9 Å². The van der Waals surface area contributed by atoms with Gasteiger partial charge in [-0.3, -0.25) is 4.79 Å². The molecule has 8 heteroatoms. The third kappa shape index (κ3) is 4.63. The summed E-state index contributed by atoms with van der Waals surface area (Å²) in [5, 5.41) is 3.01. The SMILES string of the molecule is COc1ccccc1CCNC(=O)C1Cc2cc(C(F)(F)F)ccc2N2CCSCC12. The first-order chi connectivity index (χ1) is 14.9. The van der Waals surface area contributed by atoms with Crippen molar-refractivity contribution in [3.8, 4) is 5.75 Å². The highest BCUT2D eigenvalue weighted by Gasteiger charge is 2.41. The molecule has 2 unspecified atom stereocenters. The van der Waals surface area contributed by atoms with Crippen LogP contribution in [0, 0.1) is 5.92 Å². The Labute approximate surface area is 184 Å². The molecular formula is C23H25F3N2O2S. The molecule has 166 valence electrons. The fourth-order valence-corrected chi connectivity index (χ4v) is 5.61. The van der Waals surface area contributed by atoms with Crippen molar-refractivity contribution in [3.05, 3.63) is 59.2 Å². The number of hydrogen-bond donors (Lipinski definition) is 1. The van der Waals surface area contributed by atoms with Crippen LogP contribution in [0.1, 0.15) is 16.7 Å². The number of nitrogens with zero attached hydrogens (tertiary/aromatic N) is 1. The largest absolute Gasteiger partial charge is 0.496 e. The minimum Gasteiger partial charge on any atom is -0.496 e. The van der Waals surface area contributed by atoms with E-state index in [4.69, 9.17) is 4.74 Å². The van der Waals surface area contributed by atoms with Crippen LogP contribution in [0.2, 0.25) is 0 Å². The molecule has 2 atom stereocenters. The molecule has 1 fully saturated rings. The average molecular weight is 451 g/mol. The lowest BCUT2D eigenvalue weighted by Crippen LogP contribution is -2.55. The third-order valence-corrected chi connectivity index (χ3v) is 7.06. The number of nitrogens with one attached hydrogen (secondary N) is 1. The maximum absolute atomic E-state index is 13.2. The minimum atomic E-state index is -4.39. The Kier molecular flexibility index (Phi) is 6.36. The van der Waals surface area contributed by atoms with Gasteiger partial charge in [-0.05, 0) is 48.2 Å². The summed E-state index contributed by atoms with van der Waals surface area (Å²) in [5.74, 6) is 2.00. The van der Waals surface area contributed by atoms with Gasteiger partial charge in [0.1, 0.15) is 5.75 Å². The highest BCUT2D eigenvalue weighted by atomic mass is 32.2. The number of anilines is 1. The van der Waals surface area contributed by atoms with E-state index >= 15 is 0 Å². The number of rotatable bonds is 5. The summed E-state index contributed by atoms with van der Waals surface area (Å²) in [6, 6.07) is 11.6. The summed E-state index contributed by atoms with van der Waals surface area (Å²) < 4.78 is 45.0. The lowest BCUT2D eigenvalue weighted by atomic mass is 9.84. The van der Waals surface area contributed by atoms with Gasteiger partial charge in [0.2, 0.25) is 5.91 Å². The highest BCUT2D eigenvalue weighted by molar-refractivity contribution is 7.99. The van der Waals surface area contributed by atoms with Crippen LogP contribution in [-0.4, -0.2) is 43.7 Å². The Morgan fingerprint density at radius 1 is 1.26 bits per heavy atom. The van der Waals surface area contributed by atoms with E-state index in [1.165, 1.54) is 6.07 Å². The van der Waals surface area contributed by atoms with Crippen molar-refractivity contribution in [1.82, 2.24) is 5.32 Å². The van der Waals surface area contributed by atoms with Crippen molar-refractivity contribution in [2.24, 2.45) is 5.92 Å². The standard InChI is InChI=1S/C23H25F3N2O2S/c1-30-21-5-3-2-4-15(21)8-9-27-22(29)18-13-16-12-17(23(24,25)26)6-7-19(16)28-10-11-31-14-20(18)28/h2-7,12,18,20H,8-11,13-14H2,1H3,(H,27,29). The van der Waals surface area contributed by atoms with Crippen molar-refractivity contribution in [2.75, 3.05) is 36.6 Å². The van der Waals surface area contributed by atoms with E-state index in [1.807, 2.05) is 24.3 Å². The second kappa shape index (κ2) is 9.02. The highest BCUT2D eigenvalue weighted by Crippen LogP contribution is 2.40. The van der Waals surface area contributed by atoms with Gasteiger partial charge in [-0.1, -0.05) is 18.2 Å². The molecule has 31 heavy (non-hydrogen) atoms. The number of halogens is 3. The fraction of sp³-hybridized carbons (Fsp3) is 0.435. The molecule has 0 aromatic heterocycles. The molecule has 0 bridgehead atoms. The number of hydrogen-bond acceptors (Lipinski definition) is 4. The number of ether oxygens (including phenoxy) is 1. The lowest BCUT2D eigenvalue weighted by molar-refractivity contribution is -0.137. The molecule has 1 amide bonds. The summed E-state index contributed by atoms with van der Waals surface area (Å²) in [6.45, 7) is 1.18. The first-order valence-corrected chi connectivity index (χ1v) is 11.5. The molecule has 2 aromatic rings. The Balaban J connectivity index is 1.50. The van der Waals surface area contributed by atoms with Crippen molar-refractivity contribution < 1.29 is 22.7 Å². The lowest BCUT2D eigenvalue weighted by Gasteiger charge is -2.45. The number of methoxy groups -OCH3 is 1. The van der Waals surface area contributed by atoms with E-state index in [1.54, 1.807) is 24.9 Å². The molecule has 0 saturated carbocycles. The zero-order valence-electron chi connectivity index (χ0n) is 17.2. The van der Waals surface area contributed by atoms with Gasteiger partial charge in [0.25, 0.3) is 0 Å². The number of amides is 1. The van der Waals surface area contributed by atoms with Gasteiger partial charge in [0.15, 0.2) is 0 Å². The molecule has 0 aliphatic carbocycles. The van der Waals surface area contributed by atoms with Crippen molar-refractivity contribution >= 4 is 23.4 Å². The number of carbonyl (C=O) groups excluding carboxylic acids is 1. The predicted molar refractivity (Wildman–Crippen MR) is 117 cm³/mol. The molecule has 1 saturated heterocycles. The van der Waals surface area contributed by atoms with Crippen LogP contribution >= 0.6 is 11.8 Å². The Morgan fingerprint density at radius 3 is 2.84 bits per heavy atom. The summed E-state index contributed by atoms with van der Waals surface area (Å²) in [5.41, 5.74) is 1.77. The van der Waals surface area contributed by atoms with Crippen LogP contribution in [0.15, 0.2) is 42.5 Å². The van der Waals surface area contributed by atoms with Crippen LogP contribution in [-0.2, 0) is 23.8 Å². The fourth-order valence-electron chi connectivity index (χ4n) is 4.46. The first kappa shape index (κ1) is 21.9. The molecule has 2 heterocycles. The summed E-state index contributed by atoms with van der Waals surface area (Å²) in [4.78, 5) is 15.2. The summed E-state index contributed by atoms with van der Waals surface area (Å²) >= 11 is 1.79. The normalized spacial score (nSPS) is 20.6. The van der Waals surface area contributed by atoms with Crippen molar-refractivity contribution in [3.63, 3.8) is 0 Å². The number of fused-ring (bicyclic) bond motifs is 3. The first-order valence-electron chi connectivity index (χ1n) is 10.3. The number of alkyl halides is 3. The zero-order chi connectivity index (χ0) is 22.0. The van der Waals surface area contributed by atoms with E-state index in [0.29, 0.717) is 24.9 Å². The molecule has 2 aromatic carbocycles. The molecule has 2 aliphatic rings. The zero-order valence-corrected chi connectivity index (χ0v) is 18.1. The van der Waals surface area contributed by atoms with Crippen molar-refractivity contribution in [2.45, 2.75) is 25.1 Å². The van der Waals surface area contributed by atoms with Crippen LogP contribution in [0.4, 0.5) is 18.9 Å². The maximum Gasteiger partial charge on any atom is 0.416 e. The van der Waals surface area contributed by atoms with Gasteiger partial charge in [0.05, 0.1) is 18.6 Å². The Hall–Kier alpha value is -2.35. The summed E-state index contributed by atoms with van der Waals surface area (Å²) in [6.07, 6.45) is -3.45. The van der Waals surface area contributed by atoms with E-state index in [2.05, 4.69) is 10.2 Å². The maximum atomic E-state index is 13.2. The molecule has 2 aliphatic heterocycles. The smallest absolute Gasteiger partial charge is 0.416 e. The van der Waals surface area contributed by atoms with Gasteiger partial charge in [-0.25, -0.2) is 0 Å². The number of thioether (sulfide) groups is 1. The molecule has 0 spiro atoms. The number of carbonyl (C=O) groups is 1. The van der Waals surface area contributed by atoms with Crippen molar-refractivity contribution in [1.29, 1.82) is 0 Å². The Morgan fingerprint density at radius 2 is 2.06 bits per heavy atom. The van der Waals surface area contributed by atoms with Gasteiger partial charge >= 0.3 is 6.18 Å². The van der Waals surface area contributed by atoms with Gasteiger partial charge in [-0.15, -0.1) is 0 Å². The van der Waals surface area contributed by atoms with Gasteiger partial charge in [0, 0.05) is 36.3 Å². The van der Waals surface area contributed by atoms with Crippen LogP contribution < -0.4 is 15.0 Å². The van der Waals surface area contributed by atoms with E-state index in [0.717, 1.165) is 41.1 Å². The summed E-state index contributed by atoms with van der Waals surface area (Å²) in [7, 11) is 1.61. The van der Waals surface area contributed by atoms with Gasteiger partial charge < -0.3 is 15.0 Å². The van der Waals surface area contributed by atoms with Gasteiger partial charge in [-0.2, -0.15) is 24.9 Å². The molecule has 0 radical (unpaired) electrons. The minimum absolute atomic E-state index is 0.00533. The predicted octanol–water partition coefficient (Wildman–Crippen LogP) is 4.17. The second-order valence-electron chi connectivity index (χ2n) is 7.84. The third-order valence-electron chi connectivity index (χ3n) is 6.01. The number of para-hydroxylation sites is 1. The van der Waals surface area contributed by atoms with Crippen LogP contribution in [0.3, 0.4) is 0 Å². The quantitative estimate of drug-likeness (QED) is 0.743. The van der Waals surface area contributed by atoms with Crippen LogP contribution in [0.5, 0.6) is 5.75 Å². The molecule has 1 N–H and O–H groups in total. The molecule has 4 nitrogen and oxygen atoms in total. The second-order valence-corrected chi connectivity index (χ2v) is 8.99. The Bertz CT molecular complexity index is 951.